The molecular formula is C11H20N2OS. The van der Waals surface area contributed by atoms with Gasteiger partial charge in [-0.05, 0) is 10.8 Å². The number of nitrogens with zero attached hydrogens (tertiary/aromatic N) is 2. The van der Waals surface area contributed by atoms with Crippen LogP contribution in [0, 0.1) is 27.1 Å². The van der Waals surface area contributed by atoms with Gasteiger partial charge in [-0.1, -0.05) is 41.5 Å². The Morgan fingerprint density at radius 2 is 1.53 bits per heavy atom. The Labute approximate surface area is 96.7 Å². The largest absolute Gasteiger partial charge is 0.198 e. The number of nitroso groups, excluding NO2 is 1. The third kappa shape index (κ3) is 2.72. The van der Waals surface area contributed by atoms with E-state index in [9.17, 15) is 4.91 Å². The molecule has 86 valence electrons. The first kappa shape index (κ1) is 14.4. The fourth-order valence-corrected chi connectivity index (χ4v) is 2.94. The Bertz CT molecular complexity index is 254. The van der Waals surface area contributed by atoms with Crippen molar-refractivity contribution in [3.8, 4) is 6.07 Å². The van der Waals surface area contributed by atoms with Gasteiger partial charge in [0, 0.05) is 16.5 Å². The number of rotatable bonds is 3. The lowest BCUT2D eigenvalue weighted by molar-refractivity contribution is 0.145. The van der Waals surface area contributed by atoms with Crippen LogP contribution in [0.3, 0.4) is 0 Å². The van der Waals surface area contributed by atoms with E-state index in [2.05, 4.69) is 10.7 Å². The van der Waals surface area contributed by atoms with Gasteiger partial charge in [0.05, 0.1) is 17.2 Å². The lowest BCUT2D eigenvalue weighted by atomic mass is 9.64. The summed E-state index contributed by atoms with van der Waals surface area (Å²) in [6.07, 6.45) is 0.330. The average molecular weight is 228 g/mol. The van der Waals surface area contributed by atoms with E-state index in [4.69, 9.17) is 5.26 Å². The highest BCUT2D eigenvalue weighted by Gasteiger charge is 2.52. The molecule has 4 heteroatoms. The molecule has 0 bridgehead atoms. The van der Waals surface area contributed by atoms with Crippen molar-refractivity contribution in [2.75, 3.05) is 0 Å². The van der Waals surface area contributed by atoms with Crippen LogP contribution < -0.4 is 0 Å². The van der Waals surface area contributed by atoms with Crippen LogP contribution in [0.5, 0.6) is 0 Å². The Hall–Kier alpha value is -0.560. The highest BCUT2D eigenvalue weighted by atomic mass is 32.2. The molecule has 0 heterocycles. The lowest BCUT2D eigenvalue weighted by Gasteiger charge is -2.49. The fraction of sp³-hybridized carbons (Fsp3) is 0.909. The van der Waals surface area contributed by atoms with Crippen LogP contribution in [0.4, 0.5) is 0 Å². The summed E-state index contributed by atoms with van der Waals surface area (Å²) in [5.41, 5.74) is -0.306. The molecule has 0 radical (unpaired) electrons. The van der Waals surface area contributed by atoms with Gasteiger partial charge in [-0.15, -0.1) is 4.91 Å². The molecule has 0 unspecified atom stereocenters. The molecule has 0 rings (SSSR count). The maximum Gasteiger partial charge on any atom is 0.0638 e. The van der Waals surface area contributed by atoms with Crippen LogP contribution in [0.2, 0.25) is 0 Å². The molecular weight excluding hydrogens is 208 g/mol. The first-order valence-corrected chi connectivity index (χ1v) is 5.77. The fourth-order valence-electron chi connectivity index (χ4n) is 2.14. The molecule has 0 aromatic heterocycles. The van der Waals surface area contributed by atoms with Crippen LogP contribution in [0.25, 0.3) is 0 Å². The molecule has 0 saturated heterocycles. The molecule has 0 aliphatic rings. The molecule has 0 aromatic rings. The normalized spacial score (nSPS) is 13.4. The molecule has 0 atom stereocenters. The van der Waals surface area contributed by atoms with Gasteiger partial charge in [0.1, 0.15) is 0 Å². The summed E-state index contributed by atoms with van der Waals surface area (Å²) in [5.74, 6) is 0. The Balaban J connectivity index is 5.49. The van der Waals surface area contributed by atoms with E-state index < -0.39 is 4.75 Å². The molecule has 0 saturated carbocycles. The highest BCUT2D eigenvalue weighted by Crippen LogP contribution is 2.55. The van der Waals surface area contributed by atoms with E-state index in [1.54, 1.807) is 0 Å². The Kier molecular flexibility index (Phi) is 4.36. The number of hydrogen-bond donors (Lipinski definition) is 0. The second-order valence-electron chi connectivity index (χ2n) is 5.83. The van der Waals surface area contributed by atoms with Crippen molar-refractivity contribution in [1.29, 1.82) is 5.26 Å². The van der Waals surface area contributed by atoms with E-state index >= 15 is 0 Å². The van der Waals surface area contributed by atoms with Crippen LogP contribution in [0.15, 0.2) is 4.58 Å². The van der Waals surface area contributed by atoms with Gasteiger partial charge in [-0.2, -0.15) is 5.26 Å². The zero-order valence-electron chi connectivity index (χ0n) is 10.4. The standard InChI is InChI=1S/C11H20N2OS/c1-9(2,3)11(7-8-12,15-13-14)10(4,5)6/h7H2,1-6H3. The van der Waals surface area contributed by atoms with Crippen molar-refractivity contribution in [2.24, 2.45) is 15.4 Å². The van der Waals surface area contributed by atoms with Gasteiger partial charge in [-0.25, -0.2) is 0 Å². The van der Waals surface area contributed by atoms with Crippen molar-refractivity contribution >= 4 is 11.9 Å². The molecule has 0 aliphatic heterocycles. The number of nitriles is 1. The first-order valence-electron chi connectivity index (χ1n) is 5.00. The minimum atomic E-state index is -0.448. The van der Waals surface area contributed by atoms with Crippen molar-refractivity contribution in [3.63, 3.8) is 0 Å². The van der Waals surface area contributed by atoms with Crippen molar-refractivity contribution < 1.29 is 0 Å². The minimum absolute atomic E-state index is 0.153. The topological polar surface area (TPSA) is 53.2 Å². The third-order valence-corrected chi connectivity index (χ3v) is 4.70. The summed E-state index contributed by atoms with van der Waals surface area (Å²) < 4.78 is 2.53. The monoisotopic (exact) mass is 228 g/mol. The quantitative estimate of drug-likeness (QED) is 0.538. The van der Waals surface area contributed by atoms with E-state index in [0.29, 0.717) is 6.42 Å². The SMILES string of the molecule is CC(C)(C)C(CC#N)(SN=O)C(C)(C)C. The summed E-state index contributed by atoms with van der Waals surface area (Å²) >= 11 is 1.01. The van der Waals surface area contributed by atoms with Gasteiger partial charge in [0.2, 0.25) is 0 Å². The molecule has 0 aromatic carbocycles. The van der Waals surface area contributed by atoms with Gasteiger partial charge in [0.25, 0.3) is 0 Å². The first-order chi connectivity index (χ1) is 6.62. The van der Waals surface area contributed by atoms with E-state index in [0.717, 1.165) is 11.9 Å². The third-order valence-electron chi connectivity index (χ3n) is 2.94. The van der Waals surface area contributed by atoms with Crippen molar-refractivity contribution in [1.82, 2.24) is 0 Å². The Morgan fingerprint density at radius 3 is 1.73 bits per heavy atom. The molecule has 0 amide bonds. The van der Waals surface area contributed by atoms with Crippen molar-refractivity contribution in [3.05, 3.63) is 4.91 Å². The van der Waals surface area contributed by atoms with Gasteiger partial charge >= 0.3 is 0 Å². The lowest BCUT2D eigenvalue weighted by Crippen LogP contribution is -2.49. The van der Waals surface area contributed by atoms with Gasteiger partial charge in [0.15, 0.2) is 0 Å². The minimum Gasteiger partial charge on any atom is -0.198 e. The average Bonchev–Trinajstić information content (AvgIpc) is 1.99. The maximum atomic E-state index is 10.6. The summed E-state index contributed by atoms with van der Waals surface area (Å²) in [4.78, 5) is 10.6. The highest BCUT2D eigenvalue weighted by molar-refractivity contribution is 7.99. The molecule has 0 N–H and O–H groups in total. The predicted molar refractivity (Wildman–Crippen MR) is 65.3 cm³/mol. The van der Waals surface area contributed by atoms with Crippen LogP contribution in [-0.2, 0) is 0 Å². The van der Waals surface area contributed by atoms with E-state index in [1.807, 2.05) is 41.5 Å². The molecule has 0 spiro atoms. The molecule has 0 fully saturated rings. The summed E-state index contributed by atoms with van der Waals surface area (Å²) in [6, 6.07) is 2.19. The zero-order valence-corrected chi connectivity index (χ0v) is 11.2. The van der Waals surface area contributed by atoms with Crippen molar-refractivity contribution in [2.45, 2.75) is 52.7 Å². The molecule has 3 nitrogen and oxygen atoms in total. The molecule has 0 aliphatic carbocycles. The van der Waals surface area contributed by atoms with Crippen LogP contribution in [-0.4, -0.2) is 4.75 Å². The summed E-state index contributed by atoms with van der Waals surface area (Å²) in [6.45, 7) is 12.3. The second-order valence-corrected chi connectivity index (χ2v) is 6.86. The van der Waals surface area contributed by atoms with Crippen LogP contribution >= 0.6 is 11.9 Å². The van der Waals surface area contributed by atoms with Crippen LogP contribution in [0.1, 0.15) is 48.0 Å². The van der Waals surface area contributed by atoms with E-state index in [1.165, 1.54) is 0 Å². The summed E-state index contributed by atoms with van der Waals surface area (Å²) in [7, 11) is 0. The van der Waals surface area contributed by atoms with Gasteiger partial charge < -0.3 is 0 Å². The molecule has 15 heavy (non-hydrogen) atoms. The second kappa shape index (κ2) is 4.52. The van der Waals surface area contributed by atoms with Gasteiger partial charge in [-0.3, -0.25) is 0 Å². The maximum absolute atomic E-state index is 10.6. The summed E-state index contributed by atoms with van der Waals surface area (Å²) in [5, 5.41) is 8.95. The Morgan fingerprint density at radius 1 is 1.13 bits per heavy atom. The number of hydrogen-bond acceptors (Lipinski definition) is 4. The predicted octanol–water partition coefficient (Wildman–Crippen LogP) is 4.15. The smallest absolute Gasteiger partial charge is 0.0638 e. The van der Waals surface area contributed by atoms with E-state index in [-0.39, 0.29) is 10.8 Å². The zero-order chi connectivity index (χ0) is 12.3.